The molecule has 0 bridgehead atoms. The number of nitro benzene ring substituents is 1. The van der Waals surface area contributed by atoms with Gasteiger partial charge in [0.15, 0.2) is 0 Å². The molecule has 0 fully saturated rings. The first kappa shape index (κ1) is 15.7. The highest BCUT2D eigenvalue weighted by molar-refractivity contribution is 14.1. The zero-order valence-electron chi connectivity index (χ0n) is 10.9. The summed E-state index contributed by atoms with van der Waals surface area (Å²) in [6.07, 6.45) is 0. The van der Waals surface area contributed by atoms with Gasteiger partial charge in [0, 0.05) is 26.5 Å². The first-order valence-electron chi connectivity index (χ1n) is 5.90. The van der Waals surface area contributed by atoms with E-state index in [1.807, 2.05) is 0 Å². The first-order chi connectivity index (χ1) is 9.88. The van der Waals surface area contributed by atoms with Crippen molar-refractivity contribution in [2.75, 3.05) is 5.32 Å². The van der Waals surface area contributed by atoms with Gasteiger partial charge in [0.2, 0.25) is 0 Å². The average Bonchev–Trinajstić information content (AvgIpc) is 2.43. The fourth-order valence-corrected chi connectivity index (χ4v) is 2.24. The monoisotopic (exact) mass is 416 g/mol. The van der Waals surface area contributed by atoms with Crippen LogP contribution in [0, 0.1) is 20.6 Å². The van der Waals surface area contributed by atoms with Crippen molar-refractivity contribution in [1.82, 2.24) is 0 Å². The van der Waals surface area contributed by atoms with Crippen LogP contribution in [0.4, 0.5) is 11.4 Å². The SMILES string of the molecule is Cc1ccc(NC(=O)c2ccc(I)c(Cl)c2)cc1[N+](=O)[O-]. The lowest BCUT2D eigenvalue weighted by molar-refractivity contribution is -0.385. The van der Waals surface area contributed by atoms with Crippen molar-refractivity contribution in [3.8, 4) is 0 Å². The summed E-state index contributed by atoms with van der Waals surface area (Å²) in [6, 6.07) is 9.48. The fourth-order valence-electron chi connectivity index (χ4n) is 1.72. The number of amides is 1. The van der Waals surface area contributed by atoms with Crippen LogP contribution in [-0.2, 0) is 0 Å². The van der Waals surface area contributed by atoms with Gasteiger partial charge < -0.3 is 5.32 Å². The Morgan fingerprint density at radius 1 is 1.29 bits per heavy atom. The number of nitrogens with zero attached hydrogens (tertiary/aromatic N) is 1. The number of aryl methyl sites for hydroxylation is 1. The van der Waals surface area contributed by atoms with E-state index >= 15 is 0 Å². The predicted octanol–water partition coefficient (Wildman–Crippen LogP) is 4.41. The number of halogens is 2. The summed E-state index contributed by atoms with van der Waals surface area (Å²) in [4.78, 5) is 22.5. The van der Waals surface area contributed by atoms with Crippen molar-refractivity contribution in [3.05, 3.63) is 66.2 Å². The molecule has 0 aliphatic rings. The van der Waals surface area contributed by atoms with Crippen molar-refractivity contribution in [3.63, 3.8) is 0 Å². The highest BCUT2D eigenvalue weighted by Crippen LogP contribution is 2.24. The molecule has 0 aliphatic heterocycles. The Labute approximate surface area is 139 Å². The molecule has 0 spiro atoms. The van der Waals surface area contributed by atoms with Crippen LogP contribution >= 0.6 is 34.2 Å². The van der Waals surface area contributed by atoms with Gasteiger partial charge in [-0.25, -0.2) is 0 Å². The Morgan fingerprint density at radius 2 is 2.00 bits per heavy atom. The van der Waals surface area contributed by atoms with Crippen molar-refractivity contribution in [2.24, 2.45) is 0 Å². The molecule has 1 amide bonds. The van der Waals surface area contributed by atoms with E-state index in [1.165, 1.54) is 6.07 Å². The highest BCUT2D eigenvalue weighted by Gasteiger charge is 2.13. The van der Waals surface area contributed by atoms with Gasteiger partial charge in [-0.15, -0.1) is 0 Å². The quantitative estimate of drug-likeness (QED) is 0.457. The van der Waals surface area contributed by atoms with Gasteiger partial charge in [-0.1, -0.05) is 17.7 Å². The summed E-state index contributed by atoms with van der Waals surface area (Å²) in [5.41, 5.74) is 1.26. The number of hydrogen-bond donors (Lipinski definition) is 1. The minimum absolute atomic E-state index is 0.0338. The Balaban J connectivity index is 2.25. The van der Waals surface area contributed by atoms with Crippen molar-refractivity contribution in [2.45, 2.75) is 6.92 Å². The van der Waals surface area contributed by atoms with Crippen LogP contribution in [0.5, 0.6) is 0 Å². The van der Waals surface area contributed by atoms with E-state index in [0.717, 1.165) is 3.57 Å². The minimum Gasteiger partial charge on any atom is -0.322 e. The van der Waals surface area contributed by atoms with E-state index in [2.05, 4.69) is 27.9 Å². The van der Waals surface area contributed by atoms with Gasteiger partial charge >= 0.3 is 0 Å². The van der Waals surface area contributed by atoms with Gasteiger partial charge in [-0.2, -0.15) is 0 Å². The lowest BCUT2D eigenvalue weighted by Crippen LogP contribution is -2.12. The van der Waals surface area contributed by atoms with Gasteiger partial charge in [0.1, 0.15) is 0 Å². The van der Waals surface area contributed by atoms with Crippen LogP contribution in [0.2, 0.25) is 5.02 Å². The molecule has 5 nitrogen and oxygen atoms in total. The van der Waals surface area contributed by atoms with Gasteiger partial charge in [0.25, 0.3) is 11.6 Å². The molecule has 0 radical (unpaired) electrons. The largest absolute Gasteiger partial charge is 0.322 e. The number of benzene rings is 2. The summed E-state index contributed by atoms with van der Waals surface area (Å²) in [6.45, 7) is 1.64. The molecule has 0 unspecified atom stereocenters. The molecular weight excluding hydrogens is 407 g/mol. The van der Waals surface area contributed by atoms with Crippen LogP contribution < -0.4 is 5.32 Å². The van der Waals surface area contributed by atoms with Crippen molar-refractivity contribution < 1.29 is 9.72 Å². The van der Waals surface area contributed by atoms with Gasteiger partial charge in [-0.3, -0.25) is 14.9 Å². The normalized spacial score (nSPS) is 10.2. The number of anilines is 1. The molecule has 7 heteroatoms. The summed E-state index contributed by atoms with van der Waals surface area (Å²) in [5.74, 6) is -0.369. The Kier molecular flexibility index (Phi) is 4.79. The molecule has 2 rings (SSSR count). The summed E-state index contributed by atoms with van der Waals surface area (Å²) >= 11 is 8.04. The third-order valence-electron chi connectivity index (χ3n) is 2.85. The Bertz CT molecular complexity index is 734. The summed E-state index contributed by atoms with van der Waals surface area (Å²) in [5, 5.41) is 14.0. The number of hydrogen-bond acceptors (Lipinski definition) is 3. The summed E-state index contributed by atoms with van der Waals surface area (Å²) in [7, 11) is 0. The fraction of sp³-hybridized carbons (Fsp3) is 0.0714. The molecule has 108 valence electrons. The Morgan fingerprint density at radius 3 is 2.62 bits per heavy atom. The lowest BCUT2D eigenvalue weighted by Gasteiger charge is -2.07. The third-order valence-corrected chi connectivity index (χ3v) is 4.42. The second kappa shape index (κ2) is 6.40. The molecule has 1 N–H and O–H groups in total. The molecule has 0 saturated heterocycles. The zero-order valence-corrected chi connectivity index (χ0v) is 13.8. The molecule has 0 aliphatic carbocycles. The number of carbonyl (C=O) groups excluding carboxylic acids is 1. The lowest BCUT2D eigenvalue weighted by atomic mass is 10.1. The van der Waals surface area contributed by atoms with Crippen LogP contribution in [-0.4, -0.2) is 10.8 Å². The van der Waals surface area contributed by atoms with Gasteiger partial charge in [0.05, 0.1) is 9.95 Å². The number of rotatable bonds is 3. The van der Waals surface area contributed by atoms with Gasteiger partial charge in [-0.05, 0) is 53.8 Å². The van der Waals surface area contributed by atoms with E-state index in [0.29, 0.717) is 21.8 Å². The highest BCUT2D eigenvalue weighted by atomic mass is 127. The maximum Gasteiger partial charge on any atom is 0.274 e. The molecule has 21 heavy (non-hydrogen) atoms. The maximum atomic E-state index is 12.1. The van der Waals surface area contributed by atoms with Crippen molar-refractivity contribution >= 4 is 51.5 Å². The van der Waals surface area contributed by atoms with Crippen LogP contribution in [0.15, 0.2) is 36.4 Å². The molecule has 0 saturated carbocycles. The summed E-state index contributed by atoms with van der Waals surface area (Å²) < 4.78 is 0.844. The molecule has 0 atom stereocenters. The zero-order chi connectivity index (χ0) is 15.6. The molecule has 0 aromatic heterocycles. The molecule has 0 heterocycles. The number of nitrogens with one attached hydrogen (secondary N) is 1. The van der Waals surface area contributed by atoms with Crippen LogP contribution in [0.1, 0.15) is 15.9 Å². The second-order valence-corrected chi connectivity index (χ2v) is 5.91. The Hall–Kier alpha value is -1.67. The minimum atomic E-state index is -0.479. The molecular formula is C14H10ClIN2O3. The second-order valence-electron chi connectivity index (χ2n) is 4.34. The first-order valence-corrected chi connectivity index (χ1v) is 7.35. The third kappa shape index (κ3) is 3.70. The maximum absolute atomic E-state index is 12.1. The van der Waals surface area contributed by atoms with Crippen molar-refractivity contribution in [1.29, 1.82) is 0 Å². The average molecular weight is 417 g/mol. The van der Waals surface area contributed by atoms with Crippen LogP contribution in [0.25, 0.3) is 0 Å². The molecule has 2 aromatic carbocycles. The van der Waals surface area contributed by atoms with Crippen LogP contribution in [0.3, 0.4) is 0 Å². The predicted molar refractivity (Wildman–Crippen MR) is 90.0 cm³/mol. The molecule has 2 aromatic rings. The van der Waals surface area contributed by atoms with E-state index in [9.17, 15) is 14.9 Å². The number of carbonyl (C=O) groups is 1. The van der Waals surface area contributed by atoms with E-state index < -0.39 is 4.92 Å². The standard InChI is InChI=1S/C14H10ClIN2O3/c1-8-2-4-10(7-13(8)18(20)21)17-14(19)9-3-5-12(16)11(15)6-9/h2-7H,1H3,(H,17,19). The van der Waals surface area contributed by atoms with E-state index in [4.69, 9.17) is 11.6 Å². The van der Waals surface area contributed by atoms with E-state index in [-0.39, 0.29) is 11.6 Å². The van der Waals surface area contributed by atoms with E-state index in [1.54, 1.807) is 37.3 Å². The number of nitro groups is 1. The smallest absolute Gasteiger partial charge is 0.274 e. The topological polar surface area (TPSA) is 72.2 Å².